The summed E-state index contributed by atoms with van der Waals surface area (Å²) in [6.07, 6.45) is 6.81. The summed E-state index contributed by atoms with van der Waals surface area (Å²) in [5.74, 6) is 0.698. The van der Waals surface area contributed by atoms with E-state index in [0.717, 1.165) is 29.2 Å². The van der Waals surface area contributed by atoms with Gasteiger partial charge in [-0.1, -0.05) is 43.5 Å². The third-order valence-corrected chi connectivity index (χ3v) is 5.10. The van der Waals surface area contributed by atoms with Gasteiger partial charge in [0.05, 0.1) is 0 Å². The highest BCUT2D eigenvalue weighted by Crippen LogP contribution is 2.26. The maximum Gasteiger partial charge on any atom is 0.227 e. The number of benzene rings is 2. The van der Waals surface area contributed by atoms with E-state index in [2.05, 4.69) is 35.1 Å². The molecule has 0 saturated heterocycles. The van der Waals surface area contributed by atoms with Gasteiger partial charge < -0.3 is 4.42 Å². The maximum atomic E-state index is 5.91. The lowest BCUT2D eigenvalue weighted by atomic mass is 9.94. The molecule has 1 saturated carbocycles. The summed E-state index contributed by atoms with van der Waals surface area (Å²) in [5, 5.41) is 0. The van der Waals surface area contributed by atoms with E-state index >= 15 is 0 Å². The van der Waals surface area contributed by atoms with E-state index in [1.807, 2.05) is 30.3 Å². The monoisotopic (exact) mass is 320 g/mol. The van der Waals surface area contributed by atoms with Crippen LogP contribution in [0.1, 0.15) is 37.7 Å². The lowest BCUT2D eigenvalue weighted by Crippen LogP contribution is -2.32. The molecule has 0 bridgehead atoms. The van der Waals surface area contributed by atoms with Crippen LogP contribution in [0.25, 0.3) is 22.6 Å². The summed E-state index contributed by atoms with van der Waals surface area (Å²) in [4.78, 5) is 7.18. The minimum Gasteiger partial charge on any atom is -0.436 e. The number of nitrogens with zero attached hydrogens (tertiary/aromatic N) is 2. The van der Waals surface area contributed by atoms with Gasteiger partial charge in [-0.15, -0.1) is 0 Å². The van der Waals surface area contributed by atoms with Gasteiger partial charge in [0.2, 0.25) is 5.89 Å². The highest BCUT2D eigenvalue weighted by Gasteiger charge is 2.18. The molecule has 1 aliphatic rings. The molecule has 3 aromatic rings. The summed E-state index contributed by atoms with van der Waals surface area (Å²) in [6.45, 7) is 0.980. The molecule has 4 rings (SSSR count). The van der Waals surface area contributed by atoms with Crippen LogP contribution in [-0.4, -0.2) is 23.0 Å². The normalized spacial score (nSPS) is 16.1. The molecule has 3 nitrogen and oxygen atoms in total. The molecule has 0 radical (unpaired) electrons. The lowest BCUT2D eigenvalue weighted by molar-refractivity contribution is 0.184. The number of fused-ring (bicyclic) bond motifs is 1. The third-order valence-electron chi connectivity index (χ3n) is 5.10. The van der Waals surface area contributed by atoms with Gasteiger partial charge in [-0.3, -0.25) is 4.90 Å². The van der Waals surface area contributed by atoms with Crippen LogP contribution in [-0.2, 0) is 6.54 Å². The van der Waals surface area contributed by atoms with Crippen LogP contribution >= 0.6 is 0 Å². The van der Waals surface area contributed by atoms with E-state index < -0.39 is 0 Å². The Morgan fingerprint density at radius 3 is 2.62 bits per heavy atom. The van der Waals surface area contributed by atoms with E-state index in [9.17, 15) is 0 Å². The predicted molar refractivity (Wildman–Crippen MR) is 97.8 cm³/mol. The summed E-state index contributed by atoms with van der Waals surface area (Å²) >= 11 is 0. The zero-order valence-corrected chi connectivity index (χ0v) is 14.2. The van der Waals surface area contributed by atoms with Crippen LogP contribution in [0.3, 0.4) is 0 Å². The molecule has 2 aromatic carbocycles. The van der Waals surface area contributed by atoms with E-state index in [4.69, 9.17) is 4.42 Å². The number of rotatable bonds is 4. The first kappa shape index (κ1) is 15.4. The number of oxazole rings is 1. The second-order valence-corrected chi connectivity index (χ2v) is 6.89. The molecule has 0 N–H and O–H groups in total. The molecule has 1 fully saturated rings. The van der Waals surface area contributed by atoms with Crippen molar-refractivity contribution in [2.24, 2.45) is 0 Å². The minimum absolute atomic E-state index is 0.698. The van der Waals surface area contributed by atoms with Crippen LogP contribution in [0.2, 0.25) is 0 Å². The maximum absolute atomic E-state index is 5.91. The molecule has 124 valence electrons. The van der Waals surface area contributed by atoms with Crippen LogP contribution < -0.4 is 0 Å². The van der Waals surface area contributed by atoms with Crippen molar-refractivity contribution in [2.75, 3.05) is 7.05 Å². The minimum atomic E-state index is 0.698. The Morgan fingerprint density at radius 2 is 1.83 bits per heavy atom. The Labute approximate surface area is 143 Å². The van der Waals surface area contributed by atoms with Gasteiger partial charge in [-0.25, -0.2) is 4.98 Å². The molecule has 3 heteroatoms. The summed E-state index contributed by atoms with van der Waals surface area (Å²) in [5.41, 5.74) is 4.14. The first-order valence-corrected chi connectivity index (χ1v) is 8.95. The van der Waals surface area contributed by atoms with Crippen molar-refractivity contribution in [3.05, 3.63) is 54.1 Å². The van der Waals surface area contributed by atoms with Crippen molar-refractivity contribution in [2.45, 2.75) is 44.7 Å². The summed E-state index contributed by atoms with van der Waals surface area (Å²) < 4.78 is 5.91. The molecule has 1 aromatic heterocycles. The second-order valence-electron chi connectivity index (χ2n) is 6.89. The third kappa shape index (κ3) is 3.22. The molecule has 0 amide bonds. The molecule has 0 spiro atoms. The molecule has 1 aliphatic carbocycles. The average Bonchev–Trinajstić information content (AvgIpc) is 3.06. The quantitative estimate of drug-likeness (QED) is 0.656. The van der Waals surface area contributed by atoms with Gasteiger partial charge in [0.15, 0.2) is 5.58 Å². The molecule has 24 heavy (non-hydrogen) atoms. The van der Waals surface area contributed by atoms with E-state index in [1.54, 1.807) is 0 Å². The Bertz CT molecular complexity index is 803. The van der Waals surface area contributed by atoms with E-state index in [0.29, 0.717) is 5.89 Å². The van der Waals surface area contributed by atoms with E-state index in [1.165, 1.54) is 37.7 Å². The van der Waals surface area contributed by atoms with Crippen molar-refractivity contribution in [1.82, 2.24) is 9.88 Å². The molecular weight excluding hydrogens is 296 g/mol. The zero-order valence-electron chi connectivity index (χ0n) is 14.2. The van der Waals surface area contributed by atoms with Gasteiger partial charge in [0.1, 0.15) is 5.52 Å². The molecule has 0 atom stereocenters. The number of hydrogen-bond acceptors (Lipinski definition) is 3. The number of aromatic nitrogens is 1. The van der Waals surface area contributed by atoms with Crippen molar-refractivity contribution in [3.63, 3.8) is 0 Å². The predicted octanol–water partition coefficient (Wildman–Crippen LogP) is 5.26. The van der Waals surface area contributed by atoms with E-state index in [-0.39, 0.29) is 0 Å². The highest BCUT2D eigenvalue weighted by molar-refractivity contribution is 5.76. The molecule has 0 unspecified atom stereocenters. The zero-order chi connectivity index (χ0) is 16.4. The Hall–Kier alpha value is -2.13. The Morgan fingerprint density at radius 1 is 1.04 bits per heavy atom. The van der Waals surface area contributed by atoms with Crippen molar-refractivity contribution in [3.8, 4) is 11.5 Å². The lowest BCUT2D eigenvalue weighted by Gasteiger charge is -2.31. The fraction of sp³-hybridized carbons (Fsp3) is 0.381. The van der Waals surface area contributed by atoms with Crippen molar-refractivity contribution >= 4 is 11.1 Å². The van der Waals surface area contributed by atoms with Crippen LogP contribution in [0.15, 0.2) is 52.9 Å². The van der Waals surface area contributed by atoms with Crippen LogP contribution in [0.4, 0.5) is 0 Å². The van der Waals surface area contributed by atoms with Gasteiger partial charge in [-0.05, 0) is 49.7 Å². The fourth-order valence-electron chi connectivity index (χ4n) is 3.71. The molecular formula is C21H24N2O. The van der Waals surface area contributed by atoms with Crippen molar-refractivity contribution in [1.29, 1.82) is 0 Å². The van der Waals surface area contributed by atoms with Crippen LogP contribution in [0, 0.1) is 0 Å². The smallest absolute Gasteiger partial charge is 0.227 e. The summed E-state index contributed by atoms with van der Waals surface area (Å²) in [6, 6.07) is 17.2. The van der Waals surface area contributed by atoms with Gasteiger partial charge in [0, 0.05) is 18.2 Å². The highest BCUT2D eigenvalue weighted by atomic mass is 16.3. The van der Waals surface area contributed by atoms with Crippen LogP contribution in [0.5, 0.6) is 0 Å². The summed E-state index contributed by atoms with van der Waals surface area (Å²) in [7, 11) is 2.25. The Balaban J connectivity index is 1.54. The standard InChI is InChI=1S/C21H24N2O/c1-23(18-10-6-3-7-11-18)15-16-12-13-20-19(14-16)22-21(24-20)17-8-4-2-5-9-17/h2,4-5,8-9,12-14,18H,3,6-7,10-11,15H2,1H3. The number of hydrogen-bond donors (Lipinski definition) is 0. The Kier molecular flexibility index (Phi) is 4.35. The molecule has 1 heterocycles. The fourth-order valence-corrected chi connectivity index (χ4v) is 3.71. The first-order chi connectivity index (χ1) is 11.8. The topological polar surface area (TPSA) is 29.3 Å². The first-order valence-electron chi connectivity index (χ1n) is 8.95. The second kappa shape index (κ2) is 6.78. The van der Waals surface area contributed by atoms with Gasteiger partial charge >= 0.3 is 0 Å². The van der Waals surface area contributed by atoms with Gasteiger partial charge in [0.25, 0.3) is 0 Å². The molecule has 0 aliphatic heterocycles. The van der Waals surface area contributed by atoms with Crippen molar-refractivity contribution < 1.29 is 4.42 Å². The average molecular weight is 320 g/mol. The van der Waals surface area contributed by atoms with Gasteiger partial charge in [-0.2, -0.15) is 0 Å². The largest absolute Gasteiger partial charge is 0.436 e. The SMILES string of the molecule is CN(Cc1ccc2oc(-c3ccccc3)nc2c1)C1CCCCC1.